The van der Waals surface area contributed by atoms with E-state index >= 15 is 0 Å². The highest BCUT2D eigenvalue weighted by Crippen LogP contribution is 2.18. The number of halogens is 1. The lowest BCUT2D eigenvalue weighted by molar-refractivity contribution is 0.734. The molecule has 0 radical (unpaired) electrons. The van der Waals surface area contributed by atoms with Crippen LogP contribution in [-0.4, -0.2) is 49.1 Å². The Morgan fingerprint density at radius 2 is 2.08 bits per heavy atom. The number of nitrogens with zero attached hydrogens (tertiary/aromatic N) is 3. The third kappa shape index (κ3) is 8.48. The van der Waals surface area contributed by atoms with Gasteiger partial charge in [0.2, 0.25) is 0 Å². The molecule has 1 aromatic heterocycles. The second-order valence-corrected chi connectivity index (χ2v) is 7.02. The molecule has 2 N–H and O–H groups in total. The van der Waals surface area contributed by atoms with Crippen LogP contribution in [0.1, 0.15) is 38.2 Å². The number of aliphatic imine (C=N–C) groups is 1. The lowest BCUT2D eigenvalue weighted by Crippen LogP contribution is -2.37. The first kappa shape index (κ1) is 22.3. The molecule has 25 heavy (non-hydrogen) atoms. The summed E-state index contributed by atoms with van der Waals surface area (Å²) in [6.07, 6.45) is 9.03. The molecule has 142 valence electrons. The summed E-state index contributed by atoms with van der Waals surface area (Å²) < 4.78 is 0. The number of aromatic nitrogens is 1. The normalized spacial score (nSPS) is 14.3. The Kier molecular flexibility index (Phi) is 12.1. The Balaban J connectivity index is 0.00000312. The summed E-state index contributed by atoms with van der Waals surface area (Å²) in [6.45, 7) is 6.89. The van der Waals surface area contributed by atoms with Crippen LogP contribution in [0.2, 0.25) is 0 Å². The zero-order valence-corrected chi connectivity index (χ0v) is 18.6. The van der Waals surface area contributed by atoms with E-state index in [1.807, 2.05) is 18.0 Å². The minimum absolute atomic E-state index is 0. The summed E-state index contributed by atoms with van der Waals surface area (Å²) >= 11 is 1.91. The van der Waals surface area contributed by atoms with Gasteiger partial charge in [0, 0.05) is 32.4 Å². The lowest BCUT2D eigenvalue weighted by Gasteiger charge is -2.16. The third-order valence-corrected chi connectivity index (χ3v) is 4.77. The van der Waals surface area contributed by atoms with Gasteiger partial charge in [0.05, 0.1) is 6.54 Å². The monoisotopic (exact) mass is 477 g/mol. The van der Waals surface area contributed by atoms with Crippen LogP contribution in [0.3, 0.4) is 0 Å². The molecule has 1 saturated heterocycles. The number of hydrogen-bond acceptors (Lipinski definition) is 4. The summed E-state index contributed by atoms with van der Waals surface area (Å²) in [6, 6.07) is 4.24. The van der Waals surface area contributed by atoms with E-state index < -0.39 is 0 Å². The molecule has 0 aromatic carbocycles. The van der Waals surface area contributed by atoms with Crippen molar-refractivity contribution in [2.75, 3.05) is 43.1 Å². The molecule has 0 bridgehead atoms. The van der Waals surface area contributed by atoms with Crippen molar-refractivity contribution < 1.29 is 0 Å². The highest BCUT2D eigenvalue weighted by molar-refractivity contribution is 14.0. The van der Waals surface area contributed by atoms with Gasteiger partial charge in [-0.05, 0) is 62.3 Å². The van der Waals surface area contributed by atoms with Crippen molar-refractivity contribution in [3.8, 4) is 0 Å². The van der Waals surface area contributed by atoms with Crippen LogP contribution in [0.25, 0.3) is 0 Å². The van der Waals surface area contributed by atoms with Crippen LogP contribution < -0.4 is 15.5 Å². The summed E-state index contributed by atoms with van der Waals surface area (Å²) in [7, 11) is 0. The smallest absolute Gasteiger partial charge is 0.191 e. The Bertz CT molecular complexity index is 506. The summed E-state index contributed by atoms with van der Waals surface area (Å²) in [4.78, 5) is 11.6. The molecule has 2 heterocycles. The van der Waals surface area contributed by atoms with Gasteiger partial charge in [-0.1, -0.05) is 0 Å². The minimum atomic E-state index is 0. The van der Waals surface area contributed by atoms with E-state index in [2.05, 4.69) is 45.8 Å². The molecule has 2 rings (SSSR count). The zero-order valence-electron chi connectivity index (χ0n) is 15.5. The average molecular weight is 477 g/mol. The first-order valence-electron chi connectivity index (χ1n) is 9.04. The fourth-order valence-electron chi connectivity index (χ4n) is 2.77. The Labute approximate surface area is 173 Å². The molecule has 0 spiro atoms. The van der Waals surface area contributed by atoms with Crippen LogP contribution in [-0.2, 0) is 6.54 Å². The number of pyridine rings is 1. The number of unbranched alkanes of at least 4 members (excludes halogenated alkanes) is 1. The summed E-state index contributed by atoms with van der Waals surface area (Å²) in [5.74, 6) is 3.22. The molecule has 0 aliphatic carbocycles. The van der Waals surface area contributed by atoms with Gasteiger partial charge < -0.3 is 15.5 Å². The fraction of sp³-hybridized carbons (Fsp3) is 0.667. The fourth-order valence-corrected chi connectivity index (χ4v) is 3.26. The number of hydrogen-bond donors (Lipinski definition) is 2. The summed E-state index contributed by atoms with van der Waals surface area (Å²) in [5.41, 5.74) is 1.21. The number of thioether (sulfide) groups is 1. The quantitative estimate of drug-likeness (QED) is 0.247. The Morgan fingerprint density at radius 1 is 1.28 bits per heavy atom. The standard InChI is InChI=1S/C18H31N5S.HI/c1-3-19-18(21-9-4-7-13-24-2)22-15-16-8-10-20-17(14-16)23-11-5-6-12-23;/h8,10,14H,3-7,9,11-13,15H2,1-2H3,(H2,19,21,22);1H. The topological polar surface area (TPSA) is 52.6 Å². The molecule has 0 unspecified atom stereocenters. The van der Waals surface area contributed by atoms with E-state index in [9.17, 15) is 0 Å². The molecular formula is C18H32IN5S. The maximum Gasteiger partial charge on any atom is 0.191 e. The van der Waals surface area contributed by atoms with Crippen LogP contribution >= 0.6 is 35.7 Å². The first-order chi connectivity index (χ1) is 11.8. The van der Waals surface area contributed by atoms with Gasteiger partial charge in [-0.25, -0.2) is 9.98 Å². The molecule has 1 aliphatic heterocycles. The van der Waals surface area contributed by atoms with Crippen molar-refractivity contribution in [3.05, 3.63) is 23.9 Å². The number of nitrogens with one attached hydrogen (secondary N) is 2. The molecule has 5 nitrogen and oxygen atoms in total. The number of anilines is 1. The van der Waals surface area contributed by atoms with Gasteiger partial charge in [0.25, 0.3) is 0 Å². The first-order valence-corrected chi connectivity index (χ1v) is 10.4. The van der Waals surface area contributed by atoms with Crippen molar-refractivity contribution in [1.29, 1.82) is 0 Å². The maximum absolute atomic E-state index is 4.71. The van der Waals surface area contributed by atoms with Gasteiger partial charge in [0.1, 0.15) is 5.82 Å². The molecular weight excluding hydrogens is 445 g/mol. The molecule has 0 saturated carbocycles. The van der Waals surface area contributed by atoms with Crippen molar-refractivity contribution in [3.63, 3.8) is 0 Å². The SMILES string of the molecule is CCNC(=NCc1ccnc(N2CCCC2)c1)NCCCCSC.I. The second kappa shape index (κ2) is 13.5. The summed E-state index contributed by atoms with van der Waals surface area (Å²) in [5, 5.41) is 6.74. The van der Waals surface area contributed by atoms with Gasteiger partial charge in [-0.2, -0.15) is 11.8 Å². The predicted octanol–water partition coefficient (Wildman–Crippen LogP) is 3.50. The van der Waals surface area contributed by atoms with Crippen LogP contribution in [0.4, 0.5) is 5.82 Å². The molecule has 0 atom stereocenters. The zero-order chi connectivity index (χ0) is 17.0. The van der Waals surface area contributed by atoms with Gasteiger partial charge >= 0.3 is 0 Å². The van der Waals surface area contributed by atoms with Gasteiger partial charge in [0.15, 0.2) is 5.96 Å². The Morgan fingerprint density at radius 3 is 2.80 bits per heavy atom. The molecule has 7 heteroatoms. The number of guanidine groups is 1. The minimum Gasteiger partial charge on any atom is -0.357 e. The molecule has 1 aromatic rings. The third-order valence-electron chi connectivity index (χ3n) is 4.07. The average Bonchev–Trinajstić information content (AvgIpc) is 3.14. The van der Waals surface area contributed by atoms with Crippen molar-refractivity contribution in [2.24, 2.45) is 4.99 Å². The highest BCUT2D eigenvalue weighted by atomic mass is 127. The van der Waals surface area contributed by atoms with Crippen LogP contribution in [0.5, 0.6) is 0 Å². The van der Waals surface area contributed by atoms with Crippen LogP contribution in [0.15, 0.2) is 23.3 Å². The second-order valence-electron chi connectivity index (χ2n) is 6.04. The van der Waals surface area contributed by atoms with E-state index in [-0.39, 0.29) is 24.0 Å². The molecule has 1 aliphatic rings. The van der Waals surface area contributed by atoms with E-state index in [0.29, 0.717) is 6.54 Å². The van der Waals surface area contributed by atoms with Crippen molar-refractivity contribution in [1.82, 2.24) is 15.6 Å². The maximum atomic E-state index is 4.71. The number of rotatable bonds is 9. The van der Waals surface area contributed by atoms with E-state index in [1.165, 1.54) is 37.0 Å². The molecule has 1 fully saturated rings. The van der Waals surface area contributed by atoms with Crippen molar-refractivity contribution >= 4 is 47.5 Å². The molecule has 0 amide bonds. The predicted molar refractivity (Wildman–Crippen MR) is 122 cm³/mol. The van der Waals surface area contributed by atoms with E-state index in [4.69, 9.17) is 4.99 Å². The highest BCUT2D eigenvalue weighted by Gasteiger charge is 2.13. The van der Waals surface area contributed by atoms with E-state index in [0.717, 1.165) is 38.0 Å². The van der Waals surface area contributed by atoms with E-state index in [1.54, 1.807) is 0 Å². The van der Waals surface area contributed by atoms with Gasteiger partial charge in [-0.15, -0.1) is 24.0 Å². The largest absolute Gasteiger partial charge is 0.357 e. The lowest BCUT2D eigenvalue weighted by atomic mass is 10.2. The van der Waals surface area contributed by atoms with Crippen LogP contribution in [0, 0.1) is 0 Å². The van der Waals surface area contributed by atoms with Crippen molar-refractivity contribution in [2.45, 2.75) is 39.2 Å². The Hall–Kier alpha value is -0.700. The van der Waals surface area contributed by atoms with Gasteiger partial charge in [-0.3, -0.25) is 0 Å².